The Morgan fingerprint density at radius 1 is 1.33 bits per heavy atom. The molecule has 0 aliphatic rings. The summed E-state index contributed by atoms with van der Waals surface area (Å²) < 4.78 is 5.32. The Labute approximate surface area is 107 Å². The molecule has 0 aliphatic carbocycles. The first-order valence-corrected chi connectivity index (χ1v) is 6.19. The molecule has 0 N–H and O–H groups in total. The van der Waals surface area contributed by atoms with Crippen molar-refractivity contribution < 1.29 is 9.53 Å². The van der Waals surface area contributed by atoms with Crippen molar-refractivity contribution in [3.8, 4) is 0 Å². The van der Waals surface area contributed by atoms with Gasteiger partial charge in [0, 0.05) is 24.6 Å². The molecule has 1 atom stereocenters. The minimum absolute atomic E-state index is 0.105. The highest BCUT2D eigenvalue weighted by Gasteiger charge is 2.14. The van der Waals surface area contributed by atoms with Gasteiger partial charge in [-0.2, -0.15) is 0 Å². The summed E-state index contributed by atoms with van der Waals surface area (Å²) in [5, 5.41) is 1.04. The highest BCUT2D eigenvalue weighted by Crippen LogP contribution is 2.17. The van der Waals surface area contributed by atoms with Crippen molar-refractivity contribution >= 4 is 16.7 Å². The number of para-hydroxylation sites is 1. The summed E-state index contributed by atoms with van der Waals surface area (Å²) in [7, 11) is 0. The van der Waals surface area contributed by atoms with Crippen LogP contribution >= 0.6 is 0 Å². The molecule has 3 nitrogen and oxygen atoms in total. The highest BCUT2D eigenvalue weighted by molar-refractivity contribution is 5.90. The van der Waals surface area contributed by atoms with E-state index in [-0.39, 0.29) is 11.9 Å². The van der Waals surface area contributed by atoms with Crippen molar-refractivity contribution in [2.24, 2.45) is 0 Å². The molecular formula is C15H17NO2. The van der Waals surface area contributed by atoms with E-state index in [1.165, 1.54) is 0 Å². The summed E-state index contributed by atoms with van der Waals surface area (Å²) in [5.41, 5.74) is 1.93. The summed E-state index contributed by atoms with van der Waals surface area (Å²) in [6, 6.07) is 9.76. The van der Waals surface area contributed by atoms with E-state index < -0.39 is 0 Å². The molecule has 1 aromatic heterocycles. The average molecular weight is 243 g/mol. The van der Waals surface area contributed by atoms with Crippen LogP contribution < -0.4 is 0 Å². The zero-order valence-corrected chi connectivity index (χ0v) is 10.7. The highest BCUT2D eigenvalue weighted by atomic mass is 16.5. The van der Waals surface area contributed by atoms with Gasteiger partial charge in [-0.15, -0.1) is 0 Å². The number of ether oxygens (including phenoxy) is 1. The van der Waals surface area contributed by atoms with Gasteiger partial charge in [-0.25, -0.2) is 0 Å². The first kappa shape index (κ1) is 12.7. The topological polar surface area (TPSA) is 39.2 Å². The number of ketones is 1. The maximum Gasteiger partial charge on any atom is 0.165 e. The summed E-state index contributed by atoms with van der Waals surface area (Å²) in [6.07, 6.45) is 1.79. The van der Waals surface area contributed by atoms with E-state index in [0.29, 0.717) is 13.0 Å². The fourth-order valence-electron chi connectivity index (χ4n) is 1.98. The van der Waals surface area contributed by atoms with Gasteiger partial charge in [0.15, 0.2) is 5.78 Å². The van der Waals surface area contributed by atoms with Crippen molar-refractivity contribution in [1.29, 1.82) is 0 Å². The van der Waals surface area contributed by atoms with E-state index in [4.69, 9.17) is 4.74 Å². The van der Waals surface area contributed by atoms with Gasteiger partial charge in [0.2, 0.25) is 0 Å². The zero-order valence-electron chi connectivity index (χ0n) is 10.7. The summed E-state index contributed by atoms with van der Waals surface area (Å²) in [4.78, 5) is 16.3. The summed E-state index contributed by atoms with van der Waals surface area (Å²) in [6.45, 7) is 4.25. The molecule has 1 aromatic carbocycles. The molecule has 0 saturated heterocycles. The molecule has 0 radical (unpaired) electrons. The normalized spacial score (nSPS) is 12.6. The number of pyridine rings is 1. The van der Waals surface area contributed by atoms with E-state index in [2.05, 4.69) is 4.98 Å². The van der Waals surface area contributed by atoms with Gasteiger partial charge in [-0.3, -0.25) is 9.78 Å². The SMILES string of the molecule is CCOC(C)C(=O)Cc1ccnc2ccccc12. The number of rotatable bonds is 5. The number of hydrogen-bond donors (Lipinski definition) is 0. The quantitative estimate of drug-likeness (QED) is 0.810. The Bertz CT molecular complexity index is 546. The fourth-order valence-corrected chi connectivity index (χ4v) is 1.98. The van der Waals surface area contributed by atoms with Crippen LogP contribution in [-0.4, -0.2) is 23.5 Å². The number of Topliss-reactive ketones (excluding diaryl/α,β-unsaturated/α-hetero) is 1. The molecule has 3 heteroatoms. The van der Waals surface area contributed by atoms with Crippen LogP contribution in [-0.2, 0) is 16.0 Å². The maximum atomic E-state index is 12.0. The smallest absolute Gasteiger partial charge is 0.165 e. The molecular weight excluding hydrogens is 226 g/mol. The van der Waals surface area contributed by atoms with E-state index in [1.807, 2.05) is 37.3 Å². The van der Waals surface area contributed by atoms with Gasteiger partial charge >= 0.3 is 0 Å². The number of fused-ring (bicyclic) bond motifs is 1. The molecule has 0 spiro atoms. The fraction of sp³-hybridized carbons (Fsp3) is 0.333. The lowest BCUT2D eigenvalue weighted by molar-refractivity contribution is -0.128. The molecule has 1 heterocycles. The van der Waals surface area contributed by atoms with Gasteiger partial charge in [0.05, 0.1) is 5.52 Å². The van der Waals surface area contributed by atoms with E-state index in [1.54, 1.807) is 13.1 Å². The van der Waals surface area contributed by atoms with Crippen molar-refractivity contribution in [2.45, 2.75) is 26.4 Å². The molecule has 0 amide bonds. The minimum Gasteiger partial charge on any atom is -0.371 e. The molecule has 0 bridgehead atoms. The number of carbonyl (C=O) groups is 1. The lowest BCUT2D eigenvalue weighted by atomic mass is 10.0. The van der Waals surface area contributed by atoms with Crippen molar-refractivity contribution in [1.82, 2.24) is 4.98 Å². The van der Waals surface area contributed by atoms with E-state index in [0.717, 1.165) is 16.5 Å². The second-order valence-electron chi connectivity index (χ2n) is 4.23. The Morgan fingerprint density at radius 2 is 2.11 bits per heavy atom. The maximum absolute atomic E-state index is 12.0. The van der Waals surface area contributed by atoms with E-state index in [9.17, 15) is 4.79 Å². The molecule has 0 fully saturated rings. The minimum atomic E-state index is -0.345. The van der Waals surface area contributed by atoms with Gasteiger partial charge in [0.1, 0.15) is 6.10 Å². The van der Waals surface area contributed by atoms with Crippen molar-refractivity contribution in [3.05, 3.63) is 42.1 Å². The van der Waals surface area contributed by atoms with Crippen LogP contribution in [0.3, 0.4) is 0 Å². The monoisotopic (exact) mass is 243 g/mol. The molecule has 0 saturated carbocycles. The second kappa shape index (κ2) is 5.74. The largest absolute Gasteiger partial charge is 0.371 e. The lowest BCUT2D eigenvalue weighted by Gasteiger charge is -2.11. The van der Waals surface area contributed by atoms with Gasteiger partial charge in [-0.1, -0.05) is 18.2 Å². The zero-order chi connectivity index (χ0) is 13.0. The second-order valence-corrected chi connectivity index (χ2v) is 4.23. The number of nitrogens with zero attached hydrogens (tertiary/aromatic N) is 1. The van der Waals surface area contributed by atoms with Crippen LogP contribution in [0, 0.1) is 0 Å². The Morgan fingerprint density at radius 3 is 2.89 bits per heavy atom. The Kier molecular flexibility index (Phi) is 4.05. The third-order valence-corrected chi connectivity index (χ3v) is 2.97. The van der Waals surface area contributed by atoms with Crippen LogP contribution in [0.25, 0.3) is 10.9 Å². The lowest BCUT2D eigenvalue weighted by Crippen LogP contribution is -2.22. The first-order valence-electron chi connectivity index (χ1n) is 6.19. The van der Waals surface area contributed by atoms with Gasteiger partial charge in [0.25, 0.3) is 0 Å². The standard InChI is InChI=1S/C15H17NO2/c1-3-18-11(2)15(17)10-12-8-9-16-14-7-5-4-6-13(12)14/h4-9,11H,3,10H2,1-2H3. The molecule has 1 unspecified atom stereocenters. The van der Waals surface area contributed by atoms with Crippen molar-refractivity contribution in [3.63, 3.8) is 0 Å². The van der Waals surface area contributed by atoms with Gasteiger partial charge in [-0.05, 0) is 31.5 Å². The number of benzene rings is 1. The Balaban J connectivity index is 2.24. The predicted molar refractivity (Wildman–Crippen MR) is 71.5 cm³/mol. The number of aromatic nitrogens is 1. The molecule has 94 valence electrons. The first-order chi connectivity index (χ1) is 8.72. The van der Waals surface area contributed by atoms with E-state index >= 15 is 0 Å². The molecule has 18 heavy (non-hydrogen) atoms. The van der Waals surface area contributed by atoms with Crippen molar-refractivity contribution in [2.75, 3.05) is 6.61 Å². The van der Waals surface area contributed by atoms with Gasteiger partial charge < -0.3 is 4.74 Å². The molecule has 2 rings (SSSR count). The molecule has 2 aromatic rings. The predicted octanol–water partition coefficient (Wildman–Crippen LogP) is 2.77. The third kappa shape index (κ3) is 2.74. The van der Waals surface area contributed by atoms with Crippen LogP contribution in [0.15, 0.2) is 36.5 Å². The Hall–Kier alpha value is -1.74. The number of carbonyl (C=O) groups excluding carboxylic acids is 1. The van der Waals surface area contributed by atoms with Crippen LogP contribution in [0.4, 0.5) is 0 Å². The third-order valence-electron chi connectivity index (χ3n) is 2.97. The summed E-state index contributed by atoms with van der Waals surface area (Å²) >= 11 is 0. The summed E-state index contributed by atoms with van der Waals surface area (Å²) in [5.74, 6) is 0.105. The van der Waals surface area contributed by atoms with Crippen LogP contribution in [0.1, 0.15) is 19.4 Å². The number of hydrogen-bond acceptors (Lipinski definition) is 3. The van der Waals surface area contributed by atoms with Crippen LogP contribution in [0.2, 0.25) is 0 Å². The van der Waals surface area contributed by atoms with Crippen LogP contribution in [0.5, 0.6) is 0 Å². The molecule has 0 aliphatic heterocycles. The average Bonchev–Trinajstić information content (AvgIpc) is 2.39.